The third kappa shape index (κ3) is 4.24. The van der Waals surface area contributed by atoms with E-state index in [0.717, 1.165) is 26.1 Å². The van der Waals surface area contributed by atoms with Crippen molar-refractivity contribution >= 4 is 0 Å². The fraction of sp³-hybridized carbons (Fsp3) is 0.200. The lowest BCUT2D eigenvalue weighted by atomic mass is 10.1. The first-order valence-corrected chi connectivity index (χ1v) is 8.08. The van der Waals surface area contributed by atoms with E-state index < -0.39 is 0 Å². The Balaban J connectivity index is 1.69. The summed E-state index contributed by atoms with van der Waals surface area (Å²) in [4.78, 5) is 0. The van der Waals surface area contributed by atoms with Crippen molar-refractivity contribution in [2.75, 3.05) is 6.54 Å². The molecule has 0 aliphatic carbocycles. The Morgan fingerprint density at radius 3 is 1.83 bits per heavy atom. The van der Waals surface area contributed by atoms with E-state index in [2.05, 4.69) is 82.5 Å². The molecule has 0 radical (unpaired) electrons. The molecule has 2 aromatic heterocycles. The van der Waals surface area contributed by atoms with Crippen LogP contribution in [0.15, 0.2) is 79.4 Å². The smallest absolute Gasteiger partial charge is 0.173 e. The predicted octanol–water partition coefficient (Wildman–Crippen LogP) is 2.33. The number of nitrogens with zero attached hydrogens (tertiary/aromatic N) is 2. The molecule has 0 spiro atoms. The van der Waals surface area contributed by atoms with Crippen LogP contribution >= 0.6 is 0 Å². The highest BCUT2D eigenvalue weighted by Crippen LogP contribution is 2.15. The van der Waals surface area contributed by atoms with Crippen LogP contribution in [0.5, 0.6) is 0 Å². The molecule has 0 aliphatic rings. The quantitative estimate of drug-likeness (QED) is 0.697. The summed E-state index contributed by atoms with van der Waals surface area (Å²) in [6, 6.07) is 19.2. The fourth-order valence-corrected chi connectivity index (χ4v) is 2.62. The van der Waals surface area contributed by atoms with E-state index in [4.69, 9.17) is 5.73 Å². The van der Waals surface area contributed by atoms with E-state index in [9.17, 15) is 0 Å². The molecule has 3 heteroatoms. The van der Waals surface area contributed by atoms with Gasteiger partial charge >= 0.3 is 0 Å². The van der Waals surface area contributed by atoms with Gasteiger partial charge in [0.1, 0.15) is 6.54 Å². The average Bonchev–Trinajstić information content (AvgIpc) is 2.62. The van der Waals surface area contributed by atoms with E-state index in [-0.39, 0.29) is 0 Å². The van der Waals surface area contributed by atoms with Gasteiger partial charge in [-0.3, -0.25) is 0 Å². The lowest BCUT2D eigenvalue weighted by molar-refractivity contribution is -0.697. The zero-order chi connectivity index (χ0) is 15.9. The maximum Gasteiger partial charge on any atom is 0.173 e. The van der Waals surface area contributed by atoms with Crippen molar-refractivity contribution < 1.29 is 9.13 Å². The topological polar surface area (TPSA) is 33.8 Å². The molecule has 23 heavy (non-hydrogen) atoms. The van der Waals surface area contributed by atoms with Crippen LogP contribution in [-0.4, -0.2) is 6.54 Å². The van der Waals surface area contributed by atoms with Crippen LogP contribution < -0.4 is 14.9 Å². The number of hydrogen-bond donors (Lipinski definition) is 1. The second-order valence-electron chi connectivity index (χ2n) is 5.71. The van der Waals surface area contributed by atoms with E-state index in [1.165, 1.54) is 16.7 Å². The molecule has 0 bridgehead atoms. The minimum atomic E-state index is 0.731. The molecule has 0 atom stereocenters. The van der Waals surface area contributed by atoms with Crippen LogP contribution in [0.2, 0.25) is 0 Å². The molecule has 0 aliphatic heterocycles. The van der Waals surface area contributed by atoms with Gasteiger partial charge in [0, 0.05) is 36.2 Å². The van der Waals surface area contributed by atoms with Crippen LogP contribution in [0, 0.1) is 0 Å². The lowest BCUT2D eigenvalue weighted by Gasteiger charge is -2.02. The van der Waals surface area contributed by atoms with Gasteiger partial charge in [-0.25, -0.2) is 9.13 Å². The standard InChI is InChI=1S/C20H23N3/c21-11-4-12-22-13-7-19(8-14-22)20-9-15-23(16-10-20)17-18-5-2-1-3-6-18/h1-3,5-10,13-16H,4,11-12,17,21H2/q+2. The monoisotopic (exact) mass is 305 g/mol. The van der Waals surface area contributed by atoms with E-state index >= 15 is 0 Å². The van der Waals surface area contributed by atoms with Crippen molar-refractivity contribution in [3.63, 3.8) is 0 Å². The first-order chi connectivity index (χ1) is 11.3. The first-order valence-electron chi connectivity index (χ1n) is 8.08. The van der Waals surface area contributed by atoms with Gasteiger partial charge in [-0.2, -0.15) is 0 Å². The summed E-state index contributed by atoms with van der Waals surface area (Å²) >= 11 is 0. The maximum atomic E-state index is 5.55. The highest BCUT2D eigenvalue weighted by Gasteiger charge is 2.06. The number of rotatable bonds is 6. The highest BCUT2D eigenvalue weighted by molar-refractivity contribution is 5.60. The van der Waals surface area contributed by atoms with Crippen LogP contribution in [-0.2, 0) is 13.1 Å². The van der Waals surface area contributed by atoms with Gasteiger partial charge in [0.05, 0.1) is 0 Å². The SMILES string of the molecule is NCCC[n+]1ccc(-c2cc[n+](Cc3ccccc3)cc2)cc1. The highest BCUT2D eigenvalue weighted by atomic mass is 14.9. The molecule has 1 aromatic carbocycles. The largest absolute Gasteiger partial charge is 0.330 e. The zero-order valence-corrected chi connectivity index (χ0v) is 13.3. The molecule has 116 valence electrons. The summed E-state index contributed by atoms with van der Waals surface area (Å²) in [6.45, 7) is 2.60. The van der Waals surface area contributed by atoms with Crippen molar-refractivity contribution in [3.05, 3.63) is 84.9 Å². The number of aromatic nitrogens is 2. The number of pyridine rings is 2. The molecule has 0 amide bonds. The summed E-state index contributed by atoms with van der Waals surface area (Å²) < 4.78 is 4.37. The third-order valence-corrected chi connectivity index (χ3v) is 3.94. The Kier molecular flexibility index (Phi) is 5.12. The number of nitrogens with two attached hydrogens (primary N) is 1. The summed E-state index contributed by atoms with van der Waals surface area (Å²) in [6.07, 6.45) is 9.52. The Morgan fingerprint density at radius 2 is 1.26 bits per heavy atom. The fourth-order valence-electron chi connectivity index (χ4n) is 2.62. The van der Waals surface area contributed by atoms with Gasteiger partial charge in [0.15, 0.2) is 31.3 Å². The van der Waals surface area contributed by atoms with Gasteiger partial charge in [-0.05, 0) is 17.7 Å². The molecule has 2 N–H and O–H groups in total. The van der Waals surface area contributed by atoms with Crippen molar-refractivity contribution in [2.45, 2.75) is 19.5 Å². The minimum absolute atomic E-state index is 0.731. The van der Waals surface area contributed by atoms with Gasteiger partial charge in [-0.1, -0.05) is 30.3 Å². The van der Waals surface area contributed by atoms with Gasteiger partial charge in [0.2, 0.25) is 0 Å². The van der Waals surface area contributed by atoms with Crippen LogP contribution in [0.3, 0.4) is 0 Å². The normalized spacial score (nSPS) is 10.7. The molecule has 3 aromatic rings. The van der Waals surface area contributed by atoms with Crippen LogP contribution in [0.1, 0.15) is 12.0 Å². The summed E-state index contributed by atoms with van der Waals surface area (Å²) in [7, 11) is 0. The van der Waals surface area contributed by atoms with Crippen LogP contribution in [0.4, 0.5) is 0 Å². The molecule has 3 rings (SSSR count). The Hall–Kier alpha value is -2.52. The molecular formula is C20H23N3+2. The number of hydrogen-bond acceptors (Lipinski definition) is 1. The maximum absolute atomic E-state index is 5.55. The average molecular weight is 305 g/mol. The van der Waals surface area contributed by atoms with Crippen LogP contribution in [0.25, 0.3) is 11.1 Å². The van der Waals surface area contributed by atoms with E-state index in [1.54, 1.807) is 0 Å². The lowest BCUT2D eigenvalue weighted by Crippen LogP contribution is -2.33. The molecule has 2 heterocycles. The first kappa shape index (κ1) is 15.4. The summed E-state index contributed by atoms with van der Waals surface area (Å²) in [5, 5.41) is 0. The Morgan fingerprint density at radius 1 is 0.696 bits per heavy atom. The predicted molar refractivity (Wildman–Crippen MR) is 91.5 cm³/mol. The van der Waals surface area contributed by atoms with Crippen molar-refractivity contribution in [1.29, 1.82) is 0 Å². The Bertz CT molecular complexity index is 719. The number of aryl methyl sites for hydroxylation is 1. The minimum Gasteiger partial charge on any atom is -0.330 e. The summed E-state index contributed by atoms with van der Waals surface area (Å²) in [5.41, 5.74) is 9.34. The van der Waals surface area contributed by atoms with Gasteiger partial charge < -0.3 is 5.73 Å². The van der Waals surface area contributed by atoms with E-state index in [0.29, 0.717) is 0 Å². The third-order valence-electron chi connectivity index (χ3n) is 3.94. The molecular weight excluding hydrogens is 282 g/mol. The molecule has 3 nitrogen and oxygen atoms in total. The van der Waals surface area contributed by atoms with Gasteiger partial charge in [-0.15, -0.1) is 0 Å². The Labute approximate surface area is 137 Å². The number of benzene rings is 1. The molecule has 0 fully saturated rings. The zero-order valence-electron chi connectivity index (χ0n) is 13.3. The van der Waals surface area contributed by atoms with E-state index in [1.807, 2.05) is 6.07 Å². The second-order valence-corrected chi connectivity index (χ2v) is 5.71. The summed E-state index contributed by atoms with van der Waals surface area (Å²) in [5.74, 6) is 0. The molecule has 0 saturated heterocycles. The second kappa shape index (κ2) is 7.65. The van der Waals surface area contributed by atoms with Crippen molar-refractivity contribution in [3.8, 4) is 11.1 Å². The van der Waals surface area contributed by atoms with Crippen molar-refractivity contribution in [2.24, 2.45) is 5.73 Å². The molecule has 0 saturated carbocycles. The van der Waals surface area contributed by atoms with Crippen molar-refractivity contribution in [1.82, 2.24) is 0 Å². The van der Waals surface area contributed by atoms with Gasteiger partial charge in [0.25, 0.3) is 0 Å². The molecule has 0 unspecified atom stereocenters.